The van der Waals surface area contributed by atoms with Gasteiger partial charge < -0.3 is 14.9 Å². The first kappa shape index (κ1) is 20.9. The number of phenolic OH excluding ortho intramolecular Hbond substituents is 2. The summed E-state index contributed by atoms with van der Waals surface area (Å²) in [6, 6.07) is 12.5. The molecule has 0 heterocycles. The number of halogens is 2. The molecule has 0 bridgehead atoms. The van der Waals surface area contributed by atoms with Crippen LogP contribution in [0.15, 0.2) is 42.5 Å². The lowest BCUT2D eigenvalue weighted by Gasteiger charge is -2.15. The first-order chi connectivity index (χ1) is 13.3. The van der Waals surface area contributed by atoms with E-state index in [0.29, 0.717) is 29.0 Å². The number of aryl methyl sites for hydroxylation is 2. The van der Waals surface area contributed by atoms with Crippen molar-refractivity contribution in [3.8, 4) is 23.0 Å². The van der Waals surface area contributed by atoms with Crippen LogP contribution in [-0.4, -0.2) is 16.5 Å². The molecule has 2 N–H and O–H groups in total. The van der Waals surface area contributed by atoms with Crippen molar-refractivity contribution in [2.24, 2.45) is 0 Å². The zero-order valence-electron chi connectivity index (χ0n) is 15.3. The predicted octanol–water partition coefficient (Wildman–Crippen LogP) is 6.12. The average Bonchev–Trinajstić information content (AvgIpc) is 2.64. The third-order valence-corrected chi connectivity index (χ3v) is 5.89. The molecule has 0 atom stereocenters. The maximum absolute atomic E-state index is 11.0. The van der Waals surface area contributed by atoms with Crippen molar-refractivity contribution >= 4 is 51.5 Å². The molecule has 28 heavy (non-hydrogen) atoms. The van der Waals surface area contributed by atoms with Gasteiger partial charge in [-0.3, -0.25) is 4.79 Å². The topological polar surface area (TPSA) is 66.8 Å². The van der Waals surface area contributed by atoms with Gasteiger partial charge in [0.2, 0.25) is 0 Å². The van der Waals surface area contributed by atoms with Crippen molar-refractivity contribution in [3.63, 3.8) is 0 Å². The van der Waals surface area contributed by atoms with E-state index in [9.17, 15) is 15.0 Å². The maximum atomic E-state index is 11.0. The van der Waals surface area contributed by atoms with E-state index < -0.39 is 0 Å². The highest BCUT2D eigenvalue weighted by molar-refractivity contribution is 14.1. The monoisotopic (exact) mass is 600 g/mol. The van der Waals surface area contributed by atoms with Crippen LogP contribution in [0.1, 0.15) is 32.6 Å². The van der Waals surface area contributed by atoms with Gasteiger partial charge in [0, 0.05) is 17.5 Å². The molecule has 3 aromatic rings. The lowest BCUT2D eigenvalue weighted by molar-refractivity contribution is 0.112. The molecule has 0 saturated heterocycles. The van der Waals surface area contributed by atoms with Gasteiger partial charge in [-0.1, -0.05) is 23.8 Å². The van der Waals surface area contributed by atoms with E-state index in [1.54, 1.807) is 24.3 Å². The van der Waals surface area contributed by atoms with Crippen molar-refractivity contribution in [2.75, 3.05) is 0 Å². The van der Waals surface area contributed by atoms with E-state index in [1.807, 2.05) is 32.0 Å². The van der Waals surface area contributed by atoms with E-state index in [4.69, 9.17) is 4.74 Å². The van der Waals surface area contributed by atoms with Crippen molar-refractivity contribution < 1.29 is 19.7 Å². The summed E-state index contributed by atoms with van der Waals surface area (Å²) in [5.41, 5.74) is 3.96. The molecule has 0 radical (unpaired) electrons. The van der Waals surface area contributed by atoms with Crippen LogP contribution < -0.4 is 4.74 Å². The lowest BCUT2D eigenvalue weighted by Crippen LogP contribution is -1.97. The number of carbonyl (C=O) groups is 1. The Balaban J connectivity index is 2.00. The minimum atomic E-state index is 0.0394. The SMILES string of the molecule is Cc1ccc(O)c(Cc2cc(C)cc(Oc3c(I)cc(C=O)cc3I)c2O)c1. The Morgan fingerprint density at radius 1 is 0.929 bits per heavy atom. The summed E-state index contributed by atoms with van der Waals surface area (Å²) < 4.78 is 7.61. The number of carbonyl (C=O) groups excluding carboxylic acids is 1. The van der Waals surface area contributed by atoms with Crippen LogP contribution in [0.25, 0.3) is 0 Å². The van der Waals surface area contributed by atoms with Crippen LogP contribution in [0.5, 0.6) is 23.0 Å². The van der Waals surface area contributed by atoms with Crippen LogP contribution in [0.4, 0.5) is 0 Å². The Labute approximate surface area is 190 Å². The Morgan fingerprint density at radius 3 is 2.21 bits per heavy atom. The standard InChI is InChI=1S/C22H18I2O4/c1-12-3-4-19(26)15(5-12)10-16-6-13(2)7-20(21(16)27)28-22-17(23)8-14(11-25)9-18(22)24/h3-9,11,26-27H,10H2,1-2H3. The van der Waals surface area contributed by atoms with Crippen LogP contribution in [-0.2, 0) is 6.42 Å². The Hall–Kier alpha value is -1.81. The first-order valence-electron chi connectivity index (χ1n) is 8.51. The molecule has 3 rings (SSSR count). The highest BCUT2D eigenvalue weighted by atomic mass is 127. The molecule has 0 amide bonds. The summed E-state index contributed by atoms with van der Waals surface area (Å²) >= 11 is 4.23. The predicted molar refractivity (Wildman–Crippen MR) is 126 cm³/mol. The van der Waals surface area contributed by atoms with Gasteiger partial charge in [0.25, 0.3) is 0 Å². The molecule has 0 aromatic heterocycles. The zero-order chi connectivity index (χ0) is 20.4. The van der Waals surface area contributed by atoms with Gasteiger partial charge in [0.15, 0.2) is 17.2 Å². The Morgan fingerprint density at radius 2 is 1.57 bits per heavy atom. The normalized spacial score (nSPS) is 10.7. The highest BCUT2D eigenvalue weighted by Crippen LogP contribution is 2.40. The van der Waals surface area contributed by atoms with Gasteiger partial charge in [-0.25, -0.2) is 0 Å². The summed E-state index contributed by atoms with van der Waals surface area (Å²) in [5, 5.41) is 21.0. The number of hydrogen-bond donors (Lipinski definition) is 2. The van der Waals surface area contributed by atoms with Crippen LogP contribution in [0, 0.1) is 21.0 Å². The number of hydrogen-bond acceptors (Lipinski definition) is 4. The van der Waals surface area contributed by atoms with E-state index in [-0.39, 0.29) is 11.5 Å². The second-order valence-corrected chi connectivity index (χ2v) is 8.94. The van der Waals surface area contributed by atoms with E-state index in [0.717, 1.165) is 30.1 Å². The van der Waals surface area contributed by atoms with Crippen LogP contribution >= 0.6 is 45.2 Å². The van der Waals surface area contributed by atoms with Gasteiger partial charge >= 0.3 is 0 Å². The molecule has 0 aliphatic rings. The quantitative estimate of drug-likeness (QED) is 0.274. The van der Waals surface area contributed by atoms with Crippen LogP contribution in [0.2, 0.25) is 0 Å². The molecular weight excluding hydrogens is 582 g/mol. The molecule has 6 heteroatoms. The number of aldehydes is 1. The molecular formula is C22H18I2O4. The average molecular weight is 600 g/mol. The fourth-order valence-electron chi connectivity index (χ4n) is 2.95. The fraction of sp³-hybridized carbons (Fsp3) is 0.136. The molecule has 4 nitrogen and oxygen atoms in total. The van der Waals surface area contributed by atoms with Gasteiger partial charge in [-0.05, 0) is 94.4 Å². The summed E-state index contributed by atoms with van der Waals surface area (Å²) in [6.07, 6.45) is 1.18. The van der Waals surface area contributed by atoms with Gasteiger partial charge in [0.05, 0.1) is 7.14 Å². The number of ether oxygens (including phenoxy) is 1. The minimum Gasteiger partial charge on any atom is -0.508 e. The largest absolute Gasteiger partial charge is 0.508 e. The number of phenols is 2. The van der Waals surface area contributed by atoms with Gasteiger partial charge in [-0.15, -0.1) is 0 Å². The van der Waals surface area contributed by atoms with E-state index in [1.165, 1.54) is 0 Å². The fourth-order valence-corrected chi connectivity index (χ4v) is 4.98. The molecule has 144 valence electrons. The van der Waals surface area contributed by atoms with E-state index >= 15 is 0 Å². The number of rotatable bonds is 5. The van der Waals surface area contributed by atoms with E-state index in [2.05, 4.69) is 45.2 Å². The minimum absolute atomic E-state index is 0.0394. The highest BCUT2D eigenvalue weighted by Gasteiger charge is 2.16. The summed E-state index contributed by atoms with van der Waals surface area (Å²) in [4.78, 5) is 11.0. The summed E-state index contributed by atoms with van der Waals surface area (Å²) in [6.45, 7) is 3.89. The molecule has 0 fully saturated rings. The smallest absolute Gasteiger partial charge is 0.169 e. The number of benzene rings is 3. The zero-order valence-corrected chi connectivity index (χ0v) is 19.6. The summed E-state index contributed by atoms with van der Waals surface area (Å²) in [5.74, 6) is 1.17. The van der Waals surface area contributed by atoms with Gasteiger partial charge in [-0.2, -0.15) is 0 Å². The molecule has 0 aliphatic heterocycles. The maximum Gasteiger partial charge on any atom is 0.169 e. The van der Waals surface area contributed by atoms with Crippen LogP contribution in [0.3, 0.4) is 0 Å². The Bertz CT molecular complexity index is 1040. The third-order valence-electron chi connectivity index (χ3n) is 4.28. The molecule has 3 aromatic carbocycles. The van der Waals surface area contributed by atoms with Crippen molar-refractivity contribution in [1.29, 1.82) is 0 Å². The summed E-state index contributed by atoms with van der Waals surface area (Å²) in [7, 11) is 0. The molecule has 0 aliphatic carbocycles. The van der Waals surface area contributed by atoms with Crippen molar-refractivity contribution in [1.82, 2.24) is 0 Å². The molecule has 0 unspecified atom stereocenters. The lowest BCUT2D eigenvalue weighted by atomic mass is 9.99. The second kappa shape index (κ2) is 8.69. The first-order valence-corrected chi connectivity index (χ1v) is 10.7. The van der Waals surface area contributed by atoms with Crippen molar-refractivity contribution in [2.45, 2.75) is 20.3 Å². The number of aromatic hydroxyl groups is 2. The van der Waals surface area contributed by atoms with Crippen molar-refractivity contribution in [3.05, 3.63) is 77.4 Å². The Kier molecular flexibility index (Phi) is 6.49. The van der Waals surface area contributed by atoms with Gasteiger partial charge in [0.1, 0.15) is 12.0 Å². The molecule has 0 saturated carbocycles. The second-order valence-electron chi connectivity index (χ2n) is 6.61. The molecule has 0 spiro atoms. The third kappa shape index (κ3) is 4.60.